The van der Waals surface area contributed by atoms with Gasteiger partial charge in [0.1, 0.15) is 6.04 Å². The zero-order valence-electron chi connectivity index (χ0n) is 19.4. The number of carbonyl (C=O) groups is 3. The summed E-state index contributed by atoms with van der Waals surface area (Å²) in [5, 5.41) is 5.84. The predicted molar refractivity (Wildman–Crippen MR) is 137 cm³/mol. The van der Waals surface area contributed by atoms with E-state index in [-0.39, 0.29) is 17.7 Å². The van der Waals surface area contributed by atoms with Crippen LogP contribution in [-0.4, -0.2) is 40.3 Å². The molecule has 0 radical (unpaired) electrons. The number of amides is 3. The second kappa shape index (κ2) is 10.1. The molecule has 1 atom stereocenters. The zero-order valence-corrected chi connectivity index (χ0v) is 20.2. The summed E-state index contributed by atoms with van der Waals surface area (Å²) in [5.74, 6) is 0.289. The quantitative estimate of drug-likeness (QED) is 0.546. The Hall–Kier alpha value is -3.58. The summed E-state index contributed by atoms with van der Waals surface area (Å²) in [6, 6.07) is 19.3. The normalized spacial score (nSPS) is 15.1. The van der Waals surface area contributed by atoms with E-state index in [0.29, 0.717) is 28.4 Å². The number of aryl methyl sites for hydroxylation is 3. The average molecular weight is 474 g/mol. The van der Waals surface area contributed by atoms with Crippen molar-refractivity contribution in [2.75, 3.05) is 22.3 Å². The molecule has 3 aromatic carbocycles. The molecule has 3 aromatic rings. The number of hydrogen-bond acceptors (Lipinski definition) is 4. The Morgan fingerprint density at radius 2 is 1.56 bits per heavy atom. The molecule has 0 aliphatic carbocycles. The largest absolute Gasteiger partial charge is 0.324 e. The highest BCUT2D eigenvalue weighted by molar-refractivity contribution is 7.99. The standard InChI is InChI=1S/C27H27N3O3S/c1-17-10-12-22(13-19(17)3)28-26(32)24-15-34-16-30(24)27(33)21-11-9-18(2)23(14-21)29-25(31)20-7-5-4-6-8-20/h4-14,24H,15-16H2,1-3H3,(H,28,32)(H,29,31). The molecule has 7 heteroatoms. The maximum absolute atomic E-state index is 13.4. The van der Waals surface area contributed by atoms with E-state index in [1.807, 2.05) is 45.0 Å². The second-order valence-electron chi connectivity index (χ2n) is 8.43. The number of carbonyl (C=O) groups excluding carboxylic acids is 3. The maximum Gasteiger partial charge on any atom is 0.255 e. The third-order valence-electron chi connectivity index (χ3n) is 5.99. The van der Waals surface area contributed by atoms with Crippen molar-refractivity contribution in [3.63, 3.8) is 0 Å². The maximum atomic E-state index is 13.4. The van der Waals surface area contributed by atoms with Gasteiger partial charge in [-0.15, -0.1) is 11.8 Å². The second-order valence-corrected chi connectivity index (χ2v) is 9.43. The molecule has 0 spiro atoms. The molecular formula is C27H27N3O3S. The van der Waals surface area contributed by atoms with Gasteiger partial charge >= 0.3 is 0 Å². The van der Waals surface area contributed by atoms with Gasteiger partial charge in [0.2, 0.25) is 5.91 Å². The lowest BCUT2D eigenvalue weighted by Gasteiger charge is -2.24. The number of anilines is 2. The van der Waals surface area contributed by atoms with Crippen molar-refractivity contribution in [2.24, 2.45) is 0 Å². The number of nitrogens with zero attached hydrogens (tertiary/aromatic N) is 1. The average Bonchev–Trinajstić information content (AvgIpc) is 3.33. The van der Waals surface area contributed by atoms with E-state index in [1.54, 1.807) is 59.1 Å². The first kappa shape index (κ1) is 23.6. The lowest BCUT2D eigenvalue weighted by Crippen LogP contribution is -2.44. The minimum Gasteiger partial charge on any atom is -0.324 e. The van der Waals surface area contributed by atoms with Crippen molar-refractivity contribution in [1.29, 1.82) is 0 Å². The molecular weight excluding hydrogens is 446 g/mol. The summed E-state index contributed by atoms with van der Waals surface area (Å²) in [4.78, 5) is 40.6. The van der Waals surface area contributed by atoms with Gasteiger partial charge in [0.05, 0.1) is 5.88 Å². The van der Waals surface area contributed by atoms with E-state index in [4.69, 9.17) is 0 Å². The first-order valence-electron chi connectivity index (χ1n) is 11.1. The molecule has 174 valence electrons. The molecule has 1 heterocycles. The van der Waals surface area contributed by atoms with Crippen molar-refractivity contribution in [2.45, 2.75) is 26.8 Å². The molecule has 3 amide bonds. The smallest absolute Gasteiger partial charge is 0.255 e. The van der Waals surface area contributed by atoms with Gasteiger partial charge < -0.3 is 15.5 Å². The molecule has 0 aromatic heterocycles. The third-order valence-corrected chi connectivity index (χ3v) is 7.00. The lowest BCUT2D eigenvalue weighted by atomic mass is 10.1. The van der Waals surface area contributed by atoms with Gasteiger partial charge in [-0.1, -0.05) is 30.3 Å². The molecule has 0 bridgehead atoms. The summed E-state index contributed by atoms with van der Waals surface area (Å²) >= 11 is 1.55. The number of thioether (sulfide) groups is 1. The fraction of sp³-hybridized carbons (Fsp3) is 0.222. The molecule has 1 unspecified atom stereocenters. The van der Waals surface area contributed by atoms with Crippen molar-refractivity contribution in [3.8, 4) is 0 Å². The van der Waals surface area contributed by atoms with Crippen molar-refractivity contribution < 1.29 is 14.4 Å². The van der Waals surface area contributed by atoms with Gasteiger partial charge in [0, 0.05) is 28.3 Å². The summed E-state index contributed by atoms with van der Waals surface area (Å²) in [6.45, 7) is 5.89. The monoisotopic (exact) mass is 473 g/mol. The molecule has 1 aliphatic heterocycles. The van der Waals surface area contributed by atoms with Gasteiger partial charge in [-0.3, -0.25) is 14.4 Å². The molecule has 1 fully saturated rings. The zero-order chi connectivity index (χ0) is 24.2. The van der Waals surface area contributed by atoms with Crippen LogP contribution in [0, 0.1) is 20.8 Å². The van der Waals surface area contributed by atoms with Crippen molar-refractivity contribution in [1.82, 2.24) is 4.90 Å². The first-order valence-corrected chi connectivity index (χ1v) is 12.2. The Morgan fingerprint density at radius 3 is 2.29 bits per heavy atom. The highest BCUT2D eigenvalue weighted by atomic mass is 32.2. The van der Waals surface area contributed by atoms with Crippen LogP contribution in [0.2, 0.25) is 0 Å². The summed E-state index contributed by atoms with van der Waals surface area (Å²) in [7, 11) is 0. The van der Waals surface area contributed by atoms with Crippen LogP contribution >= 0.6 is 11.8 Å². The lowest BCUT2D eigenvalue weighted by molar-refractivity contribution is -0.119. The third kappa shape index (κ3) is 5.15. The Bertz CT molecular complexity index is 1240. The van der Waals surface area contributed by atoms with E-state index in [9.17, 15) is 14.4 Å². The Morgan fingerprint density at radius 1 is 0.824 bits per heavy atom. The molecule has 0 saturated carbocycles. The Kier molecular flexibility index (Phi) is 7.03. The van der Waals surface area contributed by atoms with Gasteiger partial charge in [-0.25, -0.2) is 0 Å². The molecule has 4 rings (SSSR count). The van der Waals surface area contributed by atoms with E-state index < -0.39 is 6.04 Å². The number of nitrogens with one attached hydrogen (secondary N) is 2. The predicted octanol–water partition coefficient (Wildman–Crippen LogP) is 5.02. The van der Waals surface area contributed by atoms with Crippen LogP contribution in [0.15, 0.2) is 66.7 Å². The first-order chi connectivity index (χ1) is 16.3. The van der Waals surface area contributed by atoms with Crippen LogP contribution in [-0.2, 0) is 4.79 Å². The van der Waals surface area contributed by atoms with Crippen molar-refractivity contribution >= 4 is 40.9 Å². The molecule has 1 saturated heterocycles. The topological polar surface area (TPSA) is 78.5 Å². The van der Waals surface area contributed by atoms with Crippen molar-refractivity contribution in [3.05, 3.63) is 94.5 Å². The van der Waals surface area contributed by atoms with Crippen LogP contribution in [0.4, 0.5) is 11.4 Å². The van der Waals surface area contributed by atoms with E-state index in [0.717, 1.165) is 22.4 Å². The van der Waals surface area contributed by atoms with Crippen LogP contribution < -0.4 is 10.6 Å². The van der Waals surface area contributed by atoms with E-state index in [2.05, 4.69) is 10.6 Å². The Balaban J connectivity index is 1.50. The highest BCUT2D eigenvalue weighted by Crippen LogP contribution is 2.27. The molecule has 1 aliphatic rings. The van der Waals surface area contributed by atoms with E-state index in [1.165, 1.54) is 0 Å². The van der Waals surface area contributed by atoms with Crippen LogP contribution in [0.5, 0.6) is 0 Å². The summed E-state index contributed by atoms with van der Waals surface area (Å²) in [5.41, 5.74) is 5.36. The highest BCUT2D eigenvalue weighted by Gasteiger charge is 2.35. The van der Waals surface area contributed by atoms with Crippen LogP contribution in [0.3, 0.4) is 0 Å². The molecule has 34 heavy (non-hydrogen) atoms. The summed E-state index contributed by atoms with van der Waals surface area (Å²) in [6.07, 6.45) is 0. The van der Waals surface area contributed by atoms with Crippen LogP contribution in [0.25, 0.3) is 0 Å². The molecule has 2 N–H and O–H groups in total. The summed E-state index contributed by atoms with van der Waals surface area (Å²) < 4.78 is 0. The minimum absolute atomic E-state index is 0.202. The van der Waals surface area contributed by atoms with Gasteiger partial charge in [0.25, 0.3) is 11.8 Å². The fourth-order valence-electron chi connectivity index (χ4n) is 3.74. The SMILES string of the molecule is Cc1ccc(NC(=O)C2CSCN2C(=O)c2ccc(C)c(NC(=O)c3ccccc3)c2)cc1C. The minimum atomic E-state index is -0.567. The van der Waals surface area contributed by atoms with Gasteiger partial charge in [-0.05, 0) is 73.9 Å². The Labute approximate surface area is 203 Å². The van der Waals surface area contributed by atoms with Gasteiger partial charge in [-0.2, -0.15) is 0 Å². The number of rotatable bonds is 5. The fourth-order valence-corrected chi connectivity index (χ4v) is 4.90. The number of hydrogen-bond donors (Lipinski definition) is 2. The van der Waals surface area contributed by atoms with Gasteiger partial charge in [0.15, 0.2) is 0 Å². The van der Waals surface area contributed by atoms with E-state index >= 15 is 0 Å². The van der Waals surface area contributed by atoms with Crippen LogP contribution in [0.1, 0.15) is 37.4 Å². The number of benzene rings is 3. The molecule has 6 nitrogen and oxygen atoms in total.